The van der Waals surface area contributed by atoms with E-state index in [4.69, 9.17) is 0 Å². The maximum absolute atomic E-state index is 14.6. The Balaban J connectivity index is 1.52. The first kappa shape index (κ1) is 23.6. The van der Waals surface area contributed by atoms with E-state index < -0.39 is 35.1 Å². The average molecular weight is 496 g/mol. The fourth-order valence-electron chi connectivity index (χ4n) is 4.45. The molecule has 6 nitrogen and oxygen atoms in total. The number of rotatable bonds is 5. The largest absolute Gasteiger partial charge is 0.425 e. The number of aliphatic hydroxyl groups is 1. The predicted octanol–water partition coefficient (Wildman–Crippen LogP) is 5.17. The van der Waals surface area contributed by atoms with Crippen molar-refractivity contribution in [2.45, 2.75) is 24.7 Å². The second-order valence-corrected chi connectivity index (χ2v) is 8.49. The number of nitrogens with one attached hydrogen (secondary N) is 2. The molecule has 5 rings (SSSR count). The van der Waals surface area contributed by atoms with Crippen molar-refractivity contribution in [3.05, 3.63) is 96.1 Å². The number of anilines is 1. The molecule has 0 saturated heterocycles. The molecule has 1 amide bonds. The van der Waals surface area contributed by atoms with Gasteiger partial charge in [-0.05, 0) is 47.9 Å². The van der Waals surface area contributed by atoms with Gasteiger partial charge < -0.3 is 5.11 Å². The SMILES string of the molecule is CC(C(=O)NNc1ccccc1)n1cc(-c2cc(F)cc3c2-c2ccccc2C3(O)C(F)(F)F)cn1. The van der Waals surface area contributed by atoms with E-state index in [2.05, 4.69) is 16.0 Å². The second-order valence-electron chi connectivity index (χ2n) is 8.49. The molecule has 0 aliphatic heterocycles. The standard InChI is InChI=1S/C26H20F4N4O2/c1-15(24(35)33-32-18-7-3-2-4-8-18)34-14-16(13-31-34)20-11-17(27)12-22-23(20)19-9-5-6-10-21(19)25(22,36)26(28,29)30/h2-15,32,36H,1H3,(H,33,35). The third kappa shape index (κ3) is 3.70. The van der Waals surface area contributed by atoms with Crippen molar-refractivity contribution in [3.63, 3.8) is 0 Å². The molecule has 0 fully saturated rings. The van der Waals surface area contributed by atoms with E-state index in [0.717, 1.165) is 6.07 Å². The number of alkyl halides is 3. The van der Waals surface area contributed by atoms with Gasteiger partial charge in [0.05, 0.1) is 11.9 Å². The summed E-state index contributed by atoms with van der Waals surface area (Å²) >= 11 is 0. The fraction of sp³-hybridized carbons (Fsp3) is 0.154. The molecule has 1 aliphatic rings. The Bertz CT molecular complexity index is 1450. The number of amides is 1. The monoisotopic (exact) mass is 496 g/mol. The molecule has 2 unspecified atom stereocenters. The van der Waals surface area contributed by atoms with E-state index in [0.29, 0.717) is 17.3 Å². The number of halogens is 4. The topological polar surface area (TPSA) is 79.2 Å². The molecule has 10 heteroatoms. The van der Waals surface area contributed by atoms with Gasteiger partial charge in [-0.2, -0.15) is 18.3 Å². The van der Waals surface area contributed by atoms with Crippen molar-refractivity contribution in [2.75, 3.05) is 5.43 Å². The maximum atomic E-state index is 14.6. The third-order valence-electron chi connectivity index (χ3n) is 6.28. The molecule has 2 atom stereocenters. The van der Waals surface area contributed by atoms with Crippen LogP contribution in [0.1, 0.15) is 24.1 Å². The molecule has 0 radical (unpaired) electrons. The quantitative estimate of drug-likeness (QED) is 0.263. The van der Waals surface area contributed by atoms with Crippen LogP contribution in [-0.4, -0.2) is 27.0 Å². The average Bonchev–Trinajstić information content (AvgIpc) is 3.45. The summed E-state index contributed by atoms with van der Waals surface area (Å²) in [4.78, 5) is 12.6. The van der Waals surface area contributed by atoms with Crippen LogP contribution in [0.15, 0.2) is 79.1 Å². The minimum absolute atomic E-state index is 0.0641. The highest BCUT2D eigenvalue weighted by molar-refractivity contribution is 5.92. The van der Waals surface area contributed by atoms with Crippen molar-refractivity contribution in [2.24, 2.45) is 0 Å². The van der Waals surface area contributed by atoms with Crippen LogP contribution in [0.5, 0.6) is 0 Å². The number of carbonyl (C=O) groups excluding carboxylic acids is 1. The van der Waals surface area contributed by atoms with Crippen LogP contribution >= 0.6 is 0 Å². The van der Waals surface area contributed by atoms with E-state index in [-0.39, 0.29) is 22.3 Å². The lowest BCUT2D eigenvalue weighted by Gasteiger charge is -2.28. The number of hydrogen-bond acceptors (Lipinski definition) is 4. The molecule has 184 valence electrons. The minimum atomic E-state index is -5.08. The Morgan fingerprint density at radius 1 is 1.03 bits per heavy atom. The molecule has 4 aromatic rings. The van der Waals surface area contributed by atoms with Crippen LogP contribution in [0, 0.1) is 5.82 Å². The van der Waals surface area contributed by atoms with Gasteiger partial charge in [-0.25, -0.2) is 4.39 Å². The molecule has 3 aromatic carbocycles. The summed E-state index contributed by atoms with van der Waals surface area (Å²) in [5.74, 6) is -1.36. The molecule has 1 aliphatic carbocycles. The van der Waals surface area contributed by atoms with E-state index in [9.17, 15) is 27.5 Å². The van der Waals surface area contributed by atoms with Gasteiger partial charge in [-0.1, -0.05) is 42.5 Å². The molecule has 1 heterocycles. The fourth-order valence-corrected chi connectivity index (χ4v) is 4.45. The Morgan fingerprint density at radius 3 is 2.44 bits per heavy atom. The van der Waals surface area contributed by atoms with Gasteiger partial charge >= 0.3 is 6.18 Å². The van der Waals surface area contributed by atoms with Crippen LogP contribution in [-0.2, 0) is 10.4 Å². The summed E-state index contributed by atoms with van der Waals surface area (Å²) in [5, 5.41) is 15.1. The zero-order valence-electron chi connectivity index (χ0n) is 18.8. The van der Waals surface area contributed by atoms with Gasteiger partial charge in [0.15, 0.2) is 0 Å². The Morgan fingerprint density at radius 2 is 1.72 bits per heavy atom. The Hall–Kier alpha value is -4.18. The van der Waals surface area contributed by atoms with Crippen LogP contribution in [0.2, 0.25) is 0 Å². The van der Waals surface area contributed by atoms with Gasteiger partial charge in [-0.15, -0.1) is 0 Å². The molecule has 3 N–H and O–H groups in total. The second kappa shape index (κ2) is 8.49. The third-order valence-corrected chi connectivity index (χ3v) is 6.28. The highest BCUT2D eigenvalue weighted by atomic mass is 19.4. The van der Waals surface area contributed by atoms with Crippen molar-refractivity contribution in [3.8, 4) is 22.3 Å². The van der Waals surface area contributed by atoms with Crippen LogP contribution in [0.25, 0.3) is 22.3 Å². The molecular weight excluding hydrogens is 476 g/mol. The first-order chi connectivity index (χ1) is 17.1. The number of fused-ring (bicyclic) bond motifs is 3. The van der Waals surface area contributed by atoms with E-state index in [1.807, 2.05) is 6.07 Å². The van der Waals surface area contributed by atoms with Crippen molar-refractivity contribution < 1.29 is 27.5 Å². The Labute approximate surface area is 203 Å². The lowest BCUT2D eigenvalue weighted by atomic mass is 9.89. The number of benzene rings is 3. The summed E-state index contributed by atoms with van der Waals surface area (Å²) in [6.07, 6.45) is -2.28. The Kier molecular flexibility index (Phi) is 5.55. The first-order valence-corrected chi connectivity index (χ1v) is 11.0. The zero-order valence-corrected chi connectivity index (χ0v) is 18.8. The van der Waals surface area contributed by atoms with E-state index in [1.54, 1.807) is 37.3 Å². The molecule has 36 heavy (non-hydrogen) atoms. The molecule has 0 saturated carbocycles. The highest BCUT2D eigenvalue weighted by Crippen LogP contribution is 2.57. The highest BCUT2D eigenvalue weighted by Gasteiger charge is 2.61. The number of nitrogens with zero attached hydrogens (tertiary/aromatic N) is 2. The van der Waals surface area contributed by atoms with Gasteiger partial charge in [-0.3, -0.25) is 20.3 Å². The number of carbonyl (C=O) groups is 1. The smallest absolute Gasteiger partial charge is 0.372 e. The first-order valence-electron chi connectivity index (χ1n) is 11.0. The van der Waals surface area contributed by atoms with Gasteiger partial charge in [0.25, 0.3) is 5.91 Å². The summed E-state index contributed by atoms with van der Waals surface area (Å²) in [7, 11) is 0. The summed E-state index contributed by atoms with van der Waals surface area (Å²) in [6, 6.07) is 15.5. The normalized spacial score (nSPS) is 17.3. The summed E-state index contributed by atoms with van der Waals surface area (Å²) in [6.45, 7) is 1.59. The molecule has 0 spiro atoms. The van der Waals surface area contributed by atoms with Crippen molar-refractivity contribution in [1.29, 1.82) is 0 Å². The predicted molar refractivity (Wildman–Crippen MR) is 125 cm³/mol. The summed E-state index contributed by atoms with van der Waals surface area (Å²) in [5.41, 5.74) is 2.34. The van der Waals surface area contributed by atoms with E-state index in [1.165, 1.54) is 35.3 Å². The molecular formula is C26H20F4N4O2. The van der Waals surface area contributed by atoms with Crippen LogP contribution < -0.4 is 10.9 Å². The number of hydrazine groups is 1. The number of para-hydroxylation sites is 1. The number of hydrogen-bond donors (Lipinski definition) is 3. The van der Waals surface area contributed by atoms with E-state index >= 15 is 0 Å². The lowest BCUT2D eigenvalue weighted by Crippen LogP contribution is -2.41. The van der Waals surface area contributed by atoms with Gasteiger partial charge in [0.2, 0.25) is 5.60 Å². The van der Waals surface area contributed by atoms with Crippen LogP contribution in [0.3, 0.4) is 0 Å². The van der Waals surface area contributed by atoms with Gasteiger partial charge in [0.1, 0.15) is 11.9 Å². The van der Waals surface area contributed by atoms with Crippen molar-refractivity contribution >= 4 is 11.6 Å². The van der Waals surface area contributed by atoms with Crippen LogP contribution in [0.4, 0.5) is 23.2 Å². The van der Waals surface area contributed by atoms with Gasteiger partial charge in [0, 0.05) is 22.9 Å². The number of aromatic nitrogens is 2. The maximum Gasteiger partial charge on any atom is 0.425 e. The minimum Gasteiger partial charge on any atom is -0.372 e. The lowest BCUT2D eigenvalue weighted by molar-refractivity contribution is -0.246. The molecule has 1 aromatic heterocycles. The molecule has 0 bridgehead atoms. The summed E-state index contributed by atoms with van der Waals surface area (Å²) < 4.78 is 58.3. The zero-order chi connectivity index (χ0) is 25.7. The van der Waals surface area contributed by atoms with Crippen molar-refractivity contribution in [1.82, 2.24) is 15.2 Å².